The molecule has 23 heavy (non-hydrogen) atoms. The van der Waals surface area contributed by atoms with E-state index in [0.717, 1.165) is 31.2 Å². The molecule has 1 aliphatic rings. The second-order valence-corrected chi connectivity index (χ2v) is 5.49. The van der Waals surface area contributed by atoms with Gasteiger partial charge >= 0.3 is 6.18 Å². The van der Waals surface area contributed by atoms with Crippen molar-refractivity contribution in [3.8, 4) is 0 Å². The molecule has 2 rings (SSSR count). The van der Waals surface area contributed by atoms with E-state index in [9.17, 15) is 23.1 Å². The highest BCUT2D eigenvalue weighted by molar-refractivity contribution is 5.93. The van der Waals surface area contributed by atoms with Gasteiger partial charge in [0.15, 0.2) is 0 Å². The first-order valence-corrected chi connectivity index (χ1v) is 7.45. The third-order valence-electron chi connectivity index (χ3n) is 3.85. The van der Waals surface area contributed by atoms with Crippen LogP contribution in [0.5, 0.6) is 0 Å². The van der Waals surface area contributed by atoms with Gasteiger partial charge in [-0.2, -0.15) is 13.2 Å². The van der Waals surface area contributed by atoms with Crippen molar-refractivity contribution in [1.82, 2.24) is 10.3 Å². The Labute approximate surface area is 131 Å². The summed E-state index contributed by atoms with van der Waals surface area (Å²) in [5.74, 6) is -0.348. The molecule has 1 aromatic heterocycles. The van der Waals surface area contributed by atoms with Crippen LogP contribution in [0.15, 0.2) is 18.3 Å². The van der Waals surface area contributed by atoms with Gasteiger partial charge in [0.05, 0.1) is 11.7 Å². The molecular formula is C15H19F3N2O3. The van der Waals surface area contributed by atoms with E-state index in [2.05, 4.69) is 10.3 Å². The Morgan fingerprint density at radius 1 is 1.39 bits per heavy atom. The summed E-state index contributed by atoms with van der Waals surface area (Å²) < 4.78 is 42.4. The number of carbonyl (C=O) groups excluding carboxylic acids is 1. The Bertz CT molecular complexity index is 514. The van der Waals surface area contributed by atoms with Gasteiger partial charge in [0.2, 0.25) is 0 Å². The quantitative estimate of drug-likeness (QED) is 0.865. The van der Waals surface area contributed by atoms with Crippen LogP contribution in [0, 0.1) is 5.92 Å². The van der Waals surface area contributed by atoms with E-state index >= 15 is 0 Å². The zero-order valence-corrected chi connectivity index (χ0v) is 12.5. The van der Waals surface area contributed by atoms with Gasteiger partial charge < -0.3 is 15.2 Å². The number of nitrogens with one attached hydrogen (secondary N) is 1. The minimum Gasteiger partial charge on any atom is -0.393 e. The number of aliphatic hydroxyl groups is 1. The van der Waals surface area contributed by atoms with Crippen LogP contribution in [0.25, 0.3) is 0 Å². The molecule has 0 spiro atoms. The largest absolute Gasteiger partial charge is 0.433 e. The molecule has 2 heterocycles. The number of amides is 1. The summed E-state index contributed by atoms with van der Waals surface area (Å²) in [4.78, 5) is 15.1. The number of pyridine rings is 1. The highest BCUT2D eigenvalue weighted by Gasteiger charge is 2.32. The first kappa shape index (κ1) is 17.7. The van der Waals surface area contributed by atoms with Crippen molar-refractivity contribution in [3.63, 3.8) is 0 Å². The molecule has 0 aromatic carbocycles. The molecule has 0 saturated carbocycles. The molecule has 1 atom stereocenters. The van der Waals surface area contributed by atoms with Crippen LogP contribution in [-0.4, -0.2) is 41.9 Å². The average molecular weight is 332 g/mol. The zero-order chi connectivity index (χ0) is 16.9. The van der Waals surface area contributed by atoms with Gasteiger partial charge in [0, 0.05) is 26.0 Å². The predicted molar refractivity (Wildman–Crippen MR) is 75.7 cm³/mol. The molecular weight excluding hydrogens is 313 g/mol. The maximum atomic E-state index is 12.4. The minimum atomic E-state index is -4.52. The molecule has 1 aliphatic heterocycles. The van der Waals surface area contributed by atoms with Crippen LogP contribution < -0.4 is 5.32 Å². The number of ether oxygens (including phenoxy) is 1. The third kappa shape index (κ3) is 5.18. The van der Waals surface area contributed by atoms with Gasteiger partial charge in [-0.25, -0.2) is 0 Å². The van der Waals surface area contributed by atoms with E-state index in [-0.39, 0.29) is 18.0 Å². The first-order valence-electron chi connectivity index (χ1n) is 7.45. The fourth-order valence-corrected chi connectivity index (χ4v) is 2.47. The second kappa shape index (κ2) is 7.74. The number of rotatable bonds is 5. The summed E-state index contributed by atoms with van der Waals surface area (Å²) >= 11 is 0. The molecule has 1 fully saturated rings. The van der Waals surface area contributed by atoms with Gasteiger partial charge in [0.25, 0.3) is 5.91 Å². The van der Waals surface area contributed by atoms with Gasteiger partial charge in [-0.15, -0.1) is 0 Å². The van der Waals surface area contributed by atoms with E-state index in [1.807, 2.05) is 0 Å². The van der Waals surface area contributed by atoms with Crippen molar-refractivity contribution in [2.24, 2.45) is 5.92 Å². The summed E-state index contributed by atoms with van der Waals surface area (Å²) in [7, 11) is 0. The lowest BCUT2D eigenvalue weighted by atomic mass is 9.92. The van der Waals surface area contributed by atoms with E-state index in [4.69, 9.17) is 4.74 Å². The lowest BCUT2D eigenvalue weighted by molar-refractivity contribution is -0.141. The second-order valence-electron chi connectivity index (χ2n) is 5.49. The lowest BCUT2D eigenvalue weighted by Crippen LogP contribution is -2.32. The smallest absolute Gasteiger partial charge is 0.393 e. The SMILES string of the molecule is O=C(NCC[C@@H](O)C1CCOCC1)c1ccc(C(F)(F)F)nc1. The Kier molecular flexibility index (Phi) is 5.95. The standard InChI is InChI=1S/C15H19F3N2O3/c16-15(17,18)13-2-1-11(9-20-13)14(22)19-6-3-12(21)10-4-7-23-8-5-10/h1-2,9-10,12,21H,3-8H2,(H,19,22)/t12-/m1/s1. The van der Waals surface area contributed by atoms with E-state index in [1.54, 1.807) is 0 Å². The van der Waals surface area contributed by atoms with Crippen LogP contribution >= 0.6 is 0 Å². The molecule has 1 amide bonds. The molecule has 1 aromatic rings. The molecule has 1 saturated heterocycles. The number of carbonyl (C=O) groups is 1. The Morgan fingerprint density at radius 2 is 2.09 bits per heavy atom. The van der Waals surface area contributed by atoms with Gasteiger partial charge in [-0.05, 0) is 37.3 Å². The predicted octanol–water partition coefficient (Wildman–Crippen LogP) is 2.01. The van der Waals surface area contributed by atoms with Crippen LogP contribution in [0.1, 0.15) is 35.3 Å². The monoisotopic (exact) mass is 332 g/mol. The molecule has 5 nitrogen and oxygen atoms in total. The first-order chi connectivity index (χ1) is 10.9. The number of aliphatic hydroxyl groups excluding tert-OH is 1. The number of alkyl halides is 3. The minimum absolute atomic E-state index is 0.0542. The summed E-state index contributed by atoms with van der Waals surface area (Å²) in [6.07, 6.45) is -2.18. The number of aromatic nitrogens is 1. The zero-order valence-electron chi connectivity index (χ0n) is 12.5. The van der Waals surface area contributed by atoms with E-state index in [0.29, 0.717) is 19.6 Å². The lowest BCUT2D eigenvalue weighted by Gasteiger charge is -2.26. The molecule has 128 valence electrons. The van der Waals surface area contributed by atoms with Gasteiger partial charge in [-0.3, -0.25) is 9.78 Å². The van der Waals surface area contributed by atoms with Crippen molar-refractivity contribution in [1.29, 1.82) is 0 Å². The fourth-order valence-electron chi connectivity index (χ4n) is 2.47. The van der Waals surface area contributed by atoms with Crippen LogP contribution in [0.4, 0.5) is 13.2 Å². The normalized spacial score (nSPS) is 17.7. The molecule has 8 heteroatoms. The average Bonchev–Trinajstić information content (AvgIpc) is 2.54. The molecule has 0 radical (unpaired) electrons. The Morgan fingerprint density at radius 3 is 2.65 bits per heavy atom. The van der Waals surface area contributed by atoms with Crippen LogP contribution in [0.3, 0.4) is 0 Å². The number of halogens is 3. The Balaban J connectivity index is 1.78. The van der Waals surface area contributed by atoms with Crippen molar-refractivity contribution >= 4 is 5.91 Å². The number of nitrogens with zero attached hydrogens (tertiary/aromatic N) is 1. The summed E-state index contributed by atoms with van der Waals surface area (Å²) in [6.45, 7) is 1.51. The summed E-state index contributed by atoms with van der Waals surface area (Å²) in [5, 5.41) is 12.6. The number of hydrogen-bond acceptors (Lipinski definition) is 4. The van der Waals surface area contributed by atoms with Crippen molar-refractivity contribution in [2.75, 3.05) is 19.8 Å². The van der Waals surface area contributed by atoms with Crippen molar-refractivity contribution in [2.45, 2.75) is 31.5 Å². The summed E-state index contributed by atoms with van der Waals surface area (Å²) in [6, 6.07) is 1.85. The maximum absolute atomic E-state index is 12.4. The van der Waals surface area contributed by atoms with Crippen molar-refractivity contribution in [3.05, 3.63) is 29.6 Å². The Hall–Kier alpha value is -1.67. The van der Waals surface area contributed by atoms with Crippen molar-refractivity contribution < 1.29 is 27.8 Å². The van der Waals surface area contributed by atoms with E-state index < -0.39 is 23.9 Å². The maximum Gasteiger partial charge on any atom is 0.433 e. The van der Waals surface area contributed by atoms with E-state index in [1.165, 1.54) is 0 Å². The molecule has 0 bridgehead atoms. The number of hydrogen-bond donors (Lipinski definition) is 2. The van der Waals surface area contributed by atoms with Crippen LogP contribution in [0.2, 0.25) is 0 Å². The van der Waals surface area contributed by atoms with Gasteiger partial charge in [0.1, 0.15) is 5.69 Å². The summed E-state index contributed by atoms with van der Waals surface area (Å²) in [5.41, 5.74) is -0.984. The topological polar surface area (TPSA) is 71.5 Å². The molecule has 0 aliphatic carbocycles. The molecule has 0 unspecified atom stereocenters. The fraction of sp³-hybridized carbons (Fsp3) is 0.600. The van der Waals surface area contributed by atoms with Gasteiger partial charge in [-0.1, -0.05) is 0 Å². The highest BCUT2D eigenvalue weighted by Crippen LogP contribution is 2.27. The highest BCUT2D eigenvalue weighted by atomic mass is 19.4. The molecule has 2 N–H and O–H groups in total. The van der Waals surface area contributed by atoms with Crippen LogP contribution in [-0.2, 0) is 10.9 Å². The third-order valence-corrected chi connectivity index (χ3v) is 3.85.